The summed E-state index contributed by atoms with van der Waals surface area (Å²) in [6, 6.07) is 0. The second kappa shape index (κ2) is 3.44. The van der Waals surface area contributed by atoms with Crippen molar-refractivity contribution in [2.45, 2.75) is 32.6 Å². The molecule has 1 saturated carbocycles. The van der Waals surface area contributed by atoms with Crippen LogP contribution < -0.4 is 5.73 Å². The molecule has 70 valence electrons. The van der Waals surface area contributed by atoms with Gasteiger partial charge in [0.25, 0.3) is 0 Å². The maximum Gasteiger partial charge on any atom is 0.311 e. The highest BCUT2D eigenvalue weighted by Gasteiger charge is 2.58. The van der Waals surface area contributed by atoms with Gasteiger partial charge in [-0.15, -0.1) is 0 Å². The maximum absolute atomic E-state index is 10.8. The fraction of sp³-hybridized carbons (Fsp3) is 0.889. The van der Waals surface area contributed by atoms with Crippen LogP contribution in [0.4, 0.5) is 0 Å². The summed E-state index contributed by atoms with van der Waals surface area (Å²) < 4.78 is 0. The molecule has 3 nitrogen and oxygen atoms in total. The van der Waals surface area contributed by atoms with Gasteiger partial charge in [-0.2, -0.15) is 0 Å². The Balaban J connectivity index is 2.39. The smallest absolute Gasteiger partial charge is 0.311 e. The van der Waals surface area contributed by atoms with Gasteiger partial charge in [0.2, 0.25) is 0 Å². The molecule has 0 aliphatic heterocycles. The minimum atomic E-state index is -0.703. The molecule has 2 atom stereocenters. The summed E-state index contributed by atoms with van der Waals surface area (Å²) in [5, 5.41) is 8.89. The van der Waals surface area contributed by atoms with Crippen LogP contribution in [0.2, 0.25) is 0 Å². The second-order valence-electron chi connectivity index (χ2n) is 3.71. The quantitative estimate of drug-likeness (QED) is 0.653. The summed E-state index contributed by atoms with van der Waals surface area (Å²) >= 11 is 0. The third kappa shape index (κ3) is 1.46. The molecule has 12 heavy (non-hydrogen) atoms. The fourth-order valence-corrected chi connectivity index (χ4v) is 1.81. The van der Waals surface area contributed by atoms with Crippen molar-refractivity contribution >= 4 is 5.97 Å². The summed E-state index contributed by atoms with van der Waals surface area (Å²) in [4.78, 5) is 10.8. The lowest BCUT2D eigenvalue weighted by atomic mass is 10.0. The number of unbranched alkanes of at least 4 members (excludes halogenated alkanes) is 1. The zero-order valence-electron chi connectivity index (χ0n) is 7.55. The lowest BCUT2D eigenvalue weighted by molar-refractivity contribution is -0.143. The molecule has 3 heteroatoms. The van der Waals surface area contributed by atoms with Crippen molar-refractivity contribution < 1.29 is 9.90 Å². The third-order valence-electron chi connectivity index (χ3n) is 2.93. The van der Waals surface area contributed by atoms with Crippen LogP contribution in [0.1, 0.15) is 32.6 Å². The van der Waals surface area contributed by atoms with Gasteiger partial charge in [-0.25, -0.2) is 0 Å². The van der Waals surface area contributed by atoms with Crippen molar-refractivity contribution in [1.82, 2.24) is 0 Å². The molecule has 0 saturated heterocycles. The van der Waals surface area contributed by atoms with Gasteiger partial charge in [0, 0.05) is 6.54 Å². The van der Waals surface area contributed by atoms with E-state index in [1.165, 1.54) is 0 Å². The Morgan fingerprint density at radius 3 is 2.75 bits per heavy atom. The molecule has 0 bridgehead atoms. The zero-order valence-corrected chi connectivity index (χ0v) is 7.55. The molecule has 2 unspecified atom stereocenters. The summed E-state index contributed by atoms with van der Waals surface area (Å²) in [6.07, 6.45) is 4.08. The first kappa shape index (κ1) is 9.52. The molecule has 3 N–H and O–H groups in total. The van der Waals surface area contributed by atoms with E-state index in [2.05, 4.69) is 6.92 Å². The van der Waals surface area contributed by atoms with Gasteiger partial charge in [-0.1, -0.05) is 19.8 Å². The summed E-state index contributed by atoms with van der Waals surface area (Å²) in [6.45, 7) is 2.42. The molecule has 1 rings (SSSR count). The Labute approximate surface area is 72.9 Å². The molecule has 0 aromatic heterocycles. The third-order valence-corrected chi connectivity index (χ3v) is 2.93. The summed E-state index contributed by atoms with van der Waals surface area (Å²) in [5.41, 5.74) is 4.90. The molecule has 1 aliphatic rings. The van der Waals surface area contributed by atoms with Crippen LogP contribution in [-0.2, 0) is 4.79 Å². The molecule has 1 fully saturated rings. The van der Waals surface area contributed by atoms with E-state index in [4.69, 9.17) is 10.8 Å². The van der Waals surface area contributed by atoms with Crippen molar-refractivity contribution in [2.75, 3.05) is 6.54 Å². The van der Waals surface area contributed by atoms with E-state index in [1.54, 1.807) is 0 Å². The SMILES string of the molecule is CCCCC1CC1(CN)C(=O)O. The first-order chi connectivity index (χ1) is 5.67. The van der Waals surface area contributed by atoms with E-state index in [9.17, 15) is 4.79 Å². The minimum Gasteiger partial charge on any atom is -0.481 e. The van der Waals surface area contributed by atoms with E-state index < -0.39 is 11.4 Å². The zero-order chi connectivity index (χ0) is 9.19. The summed E-state index contributed by atoms with van der Waals surface area (Å²) in [5.74, 6) is -0.356. The van der Waals surface area contributed by atoms with Crippen LogP contribution in [-0.4, -0.2) is 17.6 Å². The molecule has 0 aromatic carbocycles. The first-order valence-corrected chi connectivity index (χ1v) is 4.61. The average molecular weight is 171 g/mol. The average Bonchev–Trinajstić information content (AvgIpc) is 2.76. The number of rotatable bonds is 5. The lowest BCUT2D eigenvalue weighted by Crippen LogP contribution is -2.27. The highest BCUT2D eigenvalue weighted by atomic mass is 16.4. The Hall–Kier alpha value is -0.570. The van der Waals surface area contributed by atoms with Crippen molar-refractivity contribution in [3.8, 4) is 0 Å². The van der Waals surface area contributed by atoms with E-state index in [-0.39, 0.29) is 0 Å². The van der Waals surface area contributed by atoms with Crippen LogP contribution in [0.5, 0.6) is 0 Å². The van der Waals surface area contributed by atoms with E-state index in [0.29, 0.717) is 12.5 Å². The number of nitrogens with two attached hydrogens (primary N) is 1. The highest BCUT2D eigenvalue weighted by molar-refractivity contribution is 5.78. The van der Waals surface area contributed by atoms with Crippen molar-refractivity contribution in [1.29, 1.82) is 0 Å². The van der Waals surface area contributed by atoms with Crippen LogP contribution in [0, 0.1) is 11.3 Å². The lowest BCUT2D eigenvalue weighted by Gasteiger charge is -2.07. The summed E-state index contributed by atoms with van der Waals surface area (Å²) in [7, 11) is 0. The normalized spacial score (nSPS) is 33.3. The number of carboxylic acid groups (broad SMARTS) is 1. The topological polar surface area (TPSA) is 63.3 Å². The van der Waals surface area contributed by atoms with E-state index >= 15 is 0 Å². The molecule has 1 aliphatic carbocycles. The predicted octanol–water partition coefficient (Wildman–Crippen LogP) is 1.23. The Morgan fingerprint density at radius 2 is 2.42 bits per heavy atom. The largest absolute Gasteiger partial charge is 0.481 e. The molecule has 0 spiro atoms. The van der Waals surface area contributed by atoms with Crippen LogP contribution >= 0.6 is 0 Å². The number of hydrogen-bond acceptors (Lipinski definition) is 2. The van der Waals surface area contributed by atoms with Crippen LogP contribution in [0.3, 0.4) is 0 Å². The van der Waals surface area contributed by atoms with Gasteiger partial charge < -0.3 is 10.8 Å². The Kier molecular flexibility index (Phi) is 2.73. The number of hydrogen-bond donors (Lipinski definition) is 2. The molecule has 0 radical (unpaired) electrons. The first-order valence-electron chi connectivity index (χ1n) is 4.61. The number of carbonyl (C=O) groups is 1. The second-order valence-corrected chi connectivity index (χ2v) is 3.71. The van der Waals surface area contributed by atoms with Crippen LogP contribution in [0.15, 0.2) is 0 Å². The molecule has 0 amide bonds. The van der Waals surface area contributed by atoms with Crippen molar-refractivity contribution in [2.24, 2.45) is 17.1 Å². The standard InChI is InChI=1S/C9H17NO2/c1-2-3-4-7-5-9(7,6-10)8(11)12/h7H,2-6,10H2,1H3,(H,11,12). The van der Waals surface area contributed by atoms with Gasteiger partial charge in [0.1, 0.15) is 0 Å². The maximum atomic E-state index is 10.8. The van der Waals surface area contributed by atoms with Gasteiger partial charge in [-0.05, 0) is 18.8 Å². The molecule has 0 heterocycles. The van der Waals surface area contributed by atoms with Crippen molar-refractivity contribution in [3.63, 3.8) is 0 Å². The van der Waals surface area contributed by atoms with Gasteiger partial charge in [0.15, 0.2) is 0 Å². The monoisotopic (exact) mass is 171 g/mol. The van der Waals surface area contributed by atoms with Gasteiger partial charge in [0.05, 0.1) is 5.41 Å². The van der Waals surface area contributed by atoms with Crippen LogP contribution in [0.25, 0.3) is 0 Å². The van der Waals surface area contributed by atoms with E-state index in [0.717, 1.165) is 25.7 Å². The van der Waals surface area contributed by atoms with Crippen molar-refractivity contribution in [3.05, 3.63) is 0 Å². The minimum absolute atomic E-state index is 0.302. The highest BCUT2D eigenvalue weighted by Crippen LogP contribution is 2.54. The predicted molar refractivity (Wildman–Crippen MR) is 46.8 cm³/mol. The van der Waals surface area contributed by atoms with Gasteiger partial charge >= 0.3 is 5.97 Å². The Bertz CT molecular complexity index is 181. The molecular formula is C9H17NO2. The Morgan fingerprint density at radius 1 is 1.75 bits per heavy atom. The van der Waals surface area contributed by atoms with Gasteiger partial charge in [-0.3, -0.25) is 4.79 Å². The molecule has 0 aromatic rings. The van der Waals surface area contributed by atoms with E-state index in [1.807, 2.05) is 0 Å². The fourth-order valence-electron chi connectivity index (χ4n) is 1.81. The molecular weight excluding hydrogens is 154 g/mol. The number of carboxylic acids is 1. The number of aliphatic carboxylic acids is 1.